The molecule has 0 aliphatic carbocycles. The van der Waals surface area contributed by atoms with E-state index in [1.54, 1.807) is 29.6 Å². The lowest BCUT2D eigenvalue weighted by molar-refractivity contribution is -0.123. The van der Waals surface area contributed by atoms with E-state index in [0.29, 0.717) is 24.0 Å². The summed E-state index contributed by atoms with van der Waals surface area (Å²) in [7, 11) is -3.69. The number of carbonyl (C=O) groups is 1. The highest BCUT2D eigenvalue weighted by atomic mass is 35.5. The quantitative estimate of drug-likeness (QED) is 0.449. The van der Waals surface area contributed by atoms with E-state index in [1.165, 1.54) is 35.7 Å². The standard InChI is InChI=1S/C22H22ClFN4O4S2.2H2/c23-19-13-17(3-6-20(19)24)32-14-21(29)26-15-7-10-28(11-8-15)16-1-4-18(5-2-16)34(30,31)27-22-25-9-12-33-22;;/h1-6,9,12-13,15H,7-8,10-11,14H2,(H,25,27)(H,26,29);2*1H. The average Bonchev–Trinajstić information content (AvgIpc) is 3.33. The first kappa shape index (κ1) is 24.2. The van der Waals surface area contributed by atoms with Crippen molar-refractivity contribution in [1.29, 1.82) is 0 Å². The van der Waals surface area contributed by atoms with Gasteiger partial charge in [0.2, 0.25) is 0 Å². The van der Waals surface area contributed by atoms with Gasteiger partial charge in [0.05, 0.1) is 9.92 Å². The zero-order valence-corrected chi connectivity index (χ0v) is 20.3. The van der Waals surface area contributed by atoms with Crippen molar-refractivity contribution >= 4 is 49.7 Å². The molecule has 0 saturated carbocycles. The molecule has 3 aromatic rings. The van der Waals surface area contributed by atoms with Crippen LogP contribution in [0.2, 0.25) is 5.02 Å². The Labute approximate surface area is 208 Å². The minimum Gasteiger partial charge on any atom is -0.484 e. The Bertz CT molecular complexity index is 1240. The van der Waals surface area contributed by atoms with Gasteiger partial charge in [0.1, 0.15) is 11.6 Å². The van der Waals surface area contributed by atoms with Crippen LogP contribution in [0.25, 0.3) is 0 Å². The third kappa shape index (κ3) is 6.16. The number of sulfonamides is 1. The molecule has 1 aliphatic heterocycles. The van der Waals surface area contributed by atoms with E-state index in [9.17, 15) is 17.6 Å². The first-order valence-electron chi connectivity index (χ1n) is 10.4. The molecule has 1 aliphatic rings. The lowest BCUT2D eigenvalue weighted by Gasteiger charge is -2.34. The van der Waals surface area contributed by atoms with E-state index in [0.717, 1.165) is 18.5 Å². The van der Waals surface area contributed by atoms with Crippen molar-refractivity contribution in [3.63, 3.8) is 0 Å². The molecule has 2 heterocycles. The van der Waals surface area contributed by atoms with Gasteiger partial charge in [0, 0.05) is 45.3 Å². The van der Waals surface area contributed by atoms with Gasteiger partial charge >= 0.3 is 0 Å². The van der Waals surface area contributed by atoms with E-state index in [-0.39, 0.29) is 31.3 Å². The number of halogens is 2. The summed E-state index contributed by atoms with van der Waals surface area (Å²) >= 11 is 6.92. The summed E-state index contributed by atoms with van der Waals surface area (Å²) in [4.78, 5) is 18.5. The van der Waals surface area contributed by atoms with Crippen LogP contribution in [-0.2, 0) is 14.8 Å². The molecule has 1 fully saturated rings. The number of ether oxygens (including phenoxy) is 1. The fourth-order valence-electron chi connectivity index (χ4n) is 3.55. The molecule has 8 nitrogen and oxygen atoms in total. The van der Waals surface area contributed by atoms with Crippen LogP contribution in [0.5, 0.6) is 5.75 Å². The Morgan fingerprint density at radius 1 is 1.24 bits per heavy atom. The van der Waals surface area contributed by atoms with E-state index in [4.69, 9.17) is 16.3 Å². The van der Waals surface area contributed by atoms with Crippen LogP contribution >= 0.6 is 22.9 Å². The number of thiazole rings is 1. The third-order valence-electron chi connectivity index (χ3n) is 5.29. The van der Waals surface area contributed by atoms with Gasteiger partial charge in [0.25, 0.3) is 15.9 Å². The van der Waals surface area contributed by atoms with Gasteiger partial charge in [-0.3, -0.25) is 9.52 Å². The molecule has 0 atom stereocenters. The second kappa shape index (κ2) is 10.6. The monoisotopic (exact) mass is 528 g/mol. The molecule has 34 heavy (non-hydrogen) atoms. The first-order chi connectivity index (χ1) is 16.3. The van der Waals surface area contributed by atoms with Crippen LogP contribution in [0, 0.1) is 5.82 Å². The lowest BCUT2D eigenvalue weighted by Crippen LogP contribution is -2.46. The summed E-state index contributed by atoms with van der Waals surface area (Å²) in [6.07, 6.45) is 3.01. The first-order valence-corrected chi connectivity index (χ1v) is 13.2. The average molecular weight is 529 g/mol. The van der Waals surface area contributed by atoms with Crippen molar-refractivity contribution in [3.05, 3.63) is 64.9 Å². The number of aromatic nitrogens is 1. The molecule has 0 bridgehead atoms. The Hall–Kier alpha value is -2.89. The van der Waals surface area contributed by atoms with Crippen LogP contribution in [0.4, 0.5) is 15.2 Å². The zero-order chi connectivity index (χ0) is 24.1. The van der Waals surface area contributed by atoms with E-state index < -0.39 is 15.8 Å². The minimum absolute atomic E-state index is 0. The van der Waals surface area contributed by atoms with Gasteiger partial charge in [-0.1, -0.05) is 11.6 Å². The highest BCUT2D eigenvalue weighted by molar-refractivity contribution is 7.93. The van der Waals surface area contributed by atoms with Crippen molar-refractivity contribution < 1.29 is 25.2 Å². The van der Waals surface area contributed by atoms with Gasteiger partial charge in [-0.2, -0.15) is 0 Å². The minimum atomic E-state index is -3.69. The maximum absolute atomic E-state index is 13.2. The van der Waals surface area contributed by atoms with Crippen LogP contribution in [0.3, 0.4) is 0 Å². The largest absolute Gasteiger partial charge is 0.484 e. The summed E-state index contributed by atoms with van der Waals surface area (Å²) in [5.41, 5.74) is 0.912. The Morgan fingerprint density at radius 2 is 1.97 bits per heavy atom. The van der Waals surface area contributed by atoms with Crippen molar-refractivity contribution in [3.8, 4) is 5.75 Å². The van der Waals surface area contributed by atoms with Crippen LogP contribution < -0.4 is 19.7 Å². The fraction of sp³-hybridized carbons (Fsp3) is 0.273. The van der Waals surface area contributed by atoms with Crippen molar-refractivity contribution in [2.24, 2.45) is 0 Å². The predicted octanol–water partition coefficient (Wildman–Crippen LogP) is 4.39. The van der Waals surface area contributed by atoms with Gasteiger partial charge < -0.3 is 15.0 Å². The van der Waals surface area contributed by atoms with Gasteiger partial charge in [-0.25, -0.2) is 17.8 Å². The summed E-state index contributed by atoms with van der Waals surface area (Å²) in [5, 5.41) is 4.90. The van der Waals surface area contributed by atoms with E-state index in [1.807, 2.05) is 0 Å². The summed E-state index contributed by atoms with van der Waals surface area (Å²) in [6.45, 7) is 1.23. The summed E-state index contributed by atoms with van der Waals surface area (Å²) < 4.78 is 46.0. The SMILES string of the molecule is O=C(COc1ccc(F)c(Cl)c1)NC1CCN(c2ccc(S(=O)(=O)Nc3nccs3)cc2)CC1.[HH].[HH]. The number of anilines is 2. The smallest absolute Gasteiger partial charge is 0.263 e. The molecule has 2 N–H and O–H groups in total. The molecule has 0 unspecified atom stereocenters. The Morgan fingerprint density at radius 3 is 2.62 bits per heavy atom. The molecule has 184 valence electrons. The maximum atomic E-state index is 13.2. The number of carbonyl (C=O) groups excluding carboxylic acids is 1. The second-order valence-corrected chi connectivity index (χ2v) is 10.6. The number of nitrogens with zero attached hydrogens (tertiary/aromatic N) is 2. The number of nitrogens with one attached hydrogen (secondary N) is 2. The molecule has 1 saturated heterocycles. The van der Waals surface area contributed by atoms with Crippen LogP contribution in [-0.4, -0.2) is 45.0 Å². The molecule has 12 heteroatoms. The number of rotatable bonds is 8. The van der Waals surface area contributed by atoms with Gasteiger partial charge in [-0.15, -0.1) is 11.3 Å². The number of piperidine rings is 1. The van der Waals surface area contributed by atoms with Crippen molar-refractivity contribution in [2.45, 2.75) is 23.8 Å². The third-order valence-corrected chi connectivity index (χ3v) is 7.75. The number of hydrogen-bond donors (Lipinski definition) is 2. The highest BCUT2D eigenvalue weighted by Gasteiger charge is 2.22. The number of benzene rings is 2. The van der Waals surface area contributed by atoms with Crippen LogP contribution in [0.1, 0.15) is 15.7 Å². The Kier molecular flexibility index (Phi) is 7.54. The van der Waals surface area contributed by atoms with E-state index in [2.05, 4.69) is 19.9 Å². The van der Waals surface area contributed by atoms with Gasteiger partial charge in [0.15, 0.2) is 11.7 Å². The number of amides is 1. The number of hydrogen-bond acceptors (Lipinski definition) is 7. The highest BCUT2D eigenvalue weighted by Crippen LogP contribution is 2.24. The zero-order valence-electron chi connectivity index (χ0n) is 17.9. The predicted molar refractivity (Wildman–Crippen MR) is 134 cm³/mol. The van der Waals surface area contributed by atoms with Crippen molar-refractivity contribution in [1.82, 2.24) is 10.3 Å². The second-order valence-electron chi connectivity index (χ2n) is 7.63. The molecule has 2 aromatic carbocycles. The molecule has 0 radical (unpaired) electrons. The molecule has 1 aromatic heterocycles. The molecule has 4 rings (SSSR count). The Balaban J connectivity index is 0.00000228. The van der Waals surface area contributed by atoms with Gasteiger partial charge in [-0.05, 0) is 49.2 Å². The summed E-state index contributed by atoms with van der Waals surface area (Å²) in [6, 6.07) is 10.6. The summed E-state index contributed by atoms with van der Waals surface area (Å²) in [5.74, 6) is -0.487. The molecular formula is C22H26ClFN4O4S2. The molecule has 0 spiro atoms. The topological polar surface area (TPSA) is 101 Å². The van der Waals surface area contributed by atoms with E-state index >= 15 is 0 Å². The van der Waals surface area contributed by atoms with Crippen molar-refractivity contribution in [2.75, 3.05) is 29.3 Å². The lowest BCUT2D eigenvalue weighted by atomic mass is 10.0. The molecular weight excluding hydrogens is 503 g/mol. The van der Waals surface area contributed by atoms with Crippen LogP contribution in [0.15, 0.2) is 58.9 Å². The fourth-order valence-corrected chi connectivity index (χ4v) is 5.51. The molecule has 1 amide bonds. The maximum Gasteiger partial charge on any atom is 0.263 e. The normalized spacial score (nSPS) is 14.6.